The van der Waals surface area contributed by atoms with Crippen LogP contribution < -0.4 is 5.32 Å². The first kappa shape index (κ1) is 9.34. The lowest BCUT2D eigenvalue weighted by Crippen LogP contribution is -2.29. The molecule has 2 fully saturated rings. The Morgan fingerprint density at radius 2 is 2.00 bits per heavy atom. The second-order valence-corrected chi connectivity index (χ2v) is 4.78. The first-order chi connectivity index (χ1) is 4.66. The fourth-order valence-corrected chi connectivity index (χ4v) is 2.75. The van der Waals surface area contributed by atoms with Crippen LogP contribution in [0.5, 0.6) is 0 Å². The van der Waals surface area contributed by atoms with Crippen LogP contribution in [0.1, 0.15) is 33.1 Å². The molecule has 1 aliphatic heterocycles. The van der Waals surface area contributed by atoms with Gasteiger partial charge in [0.05, 0.1) is 0 Å². The van der Waals surface area contributed by atoms with E-state index in [0.717, 1.165) is 12.0 Å². The van der Waals surface area contributed by atoms with Gasteiger partial charge < -0.3 is 5.32 Å². The van der Waals surface area contributed by atoms with Gasteiger partial charge in [-0.2, -0.15) is 0 Å². The average molecular weight is 176 g/mol. The summed E-state index contributed by atoms with van der Waals surface area (Å²) in [5.74, 6) is 0.994. The van der Waals surface area contributed by atoms with Gasteiger partial charge in [0.15, 0.2) is 0 Å². The number of halogens is 1. The van der Waals surface area contributed by atoms with Crippen molar-refractivity contribution < 1.29 is 0 Å². The van der Waals surface area contributed by atoms with E-state index >= 15 is 0 Å². The van der Waals surface area contributed by atoms with Crippen LogP contribution in [-0.4, -0.2) is 12.6 Å². The highest BCUT2D eigenvalue weighted by Crippen LogP contribution is 2.41. The van der Waals surface area contributed by atoms with Crippen LogP contribution in [0.3, 0.4) is 0 Å². The Hall–Kier alpha value is 0.250. The van der Waals surface area contributed by atoms with Crippen molar-refractivity contribution in [2.24, 2.45) is 11.3 Å². The average Bonchev–Trinajstić information content (AvgIpc) is 2.08. The van der Waals surface area contributed by atoms with E-state index in [1.54, 1.807) is 0 Å². The van der Waals surface area contributed by atoms with E-state index in [4.69, 9.17) is 0 Å². The summed E-state index contributed by atoms with van der Waals surface area (Å²) in [5, 5.41) is 3.57. The maximum atomic E-state index is 3.57. The predicted molar refractivity (Wildman–Crippen MR) is 50.2 cm³/mol. The Labute approximate surface area is 75.4 Å². The fourth-order valence-electron chi connectivity index (χ4n) is 2.75. The molecule has 0 aromatic heterocycles. The molecule has 2 aliphatic rings. The van der Waals surface area contributed by atoms with E-state index in [1.165, 1.54) is 25.8 Å². The van der Waals surface area contributed by atoms with E-state index < -0.39 is 0 Å². The van der Waals surface area contributed by atoms with Crippen LogP contribution >= 0.6 is 12.4 Å². The predicted octanol–water partition coefficient (Wildman–Crippen LogP) is 2.21. The van der Waals surface area contributed by atoms with Crippen LogP contribution in [0.4, 0.5) is 0 Å². The minimum absolute atomic E-state index is 0. The lowest BCUT2D eigenvalue weighted by atomic mass is 9.72. The van der Waals surface area contributed by atoms with E-state index in [9.17, 15) is 0 Å². The highest BCUT2D eigenvalue weighted by atomic mass is 35.5. The first-order valence-electron chi connectivity index (χ1n) is 4.39. The van der Waals surface area contributed by atoms with Crippen LogP contribution in [-0.2, 0) is 0 Å². The Morgan fingerprint density at radius 3 is 2.64 bits per heavy atom. The van der Waals surface area contributed by atoms with Crippen molar-refractivity contribution in [3.63, 3.8) is 0 Å². The number of hydrogen-bond acceptors (Lipinski definition) is 1. The monoisotopic (exact) mass is 175 g/mol. The molecule has 1 saturated carbocycles. The lowest BCUT2D eigenvalue weighted by Gasteiger charge is -2.33. The minimum atomic E-state index is 0. The molecule has 2 unspecified atom stereocenters. The highest BCUT2D eigenvalue weighted by molar-refractivity contribution is 5.85. The minimum Gasteiger partial charge on any atom is -0.314 e. The van der Waals surface area contributed by atoms with Gasteiger partial charge in [0, 0.05) is 6.04 Å². The van der Waals surface area contributed by atoms with Gasteiger partial charge in [0.2, 0.25) is 0 Å². The number of fused-ring (bicyclic) bond motifs is 2. The maximum absolute atomic E-state index is 3.57. The van der Waals surface area contributed by atoms with Gasteiger partial charge in [0.1, 0.15) is 0 Å². The Kier molecular flexibility index (Phi) is 2.50. The van der Waals surface area contributed by atoms with Crippen molar-refractivity contribution in [2.45, 2.75) is 39.2 Å². The topological polar surface area (TPSA) is 12.0 Å². The van der Waals surface area contributed by atoms with Gasteiger partial charge in [-0.1, -0.05) is 13.8 Å². The van der Waals surface area contributed by atoms with Gasteiger partial charge in [-0.05, 0) is 37.1 Å². The normalized spacial score (nSPS) is 39.8. The number of rotatable bonds is 0. The van der Waals surface area contributed by atoms with Crippen molar-refractivity contribution in [3.05, 3.63) is 0 Å². The van der Waals surface area contributed by atoms with Crippen LogP contribution in [0.15, 0.2) is 0 Å². The molecule has 1 aliphatic carbocycles. The summed E-state index contributed by atoms with van der Waals surface area (Å²) in [6.07, 6.45) is 4.28. The Balaban J connectivity index is 0.000000605. The Bertz CT molecular complexity index is 130. The van der Waals surface area contributed by atoms with E-state index in [-0.39, 0.29) is 12.4 Å². The molecule has 0 aromatic rings. The molecule has 1 nitrogen and oxygen atoms in total. The van der Waals surface area contributed by atoms with Gasteiger partial charge >= 0.3 is 0 Å². The summed E-state index contributed by atoms with van der Waals surface area (Å²) in [6, 6.07) is 0.855. The molecule has 66 valence electrons. The zero-order chi connectivity index (χ0) is 7.19. The van der Waals surface area contributed by atoms with E-state index in [1.807, 2.05) is 0 Å². The van der Waals surface area contributed by atoms with Crippen molar-refractivity contribution in [3.8, 4) is 0 Å². The molecule has 1 heterocycles. The maximum Gasteiger partial charge on any atom is 0.00753 e. The summed E-state index contributed by atoms with van der Waals surface area (Å²) in [4.78, 5) is 0. The fraction of sp³-hybridized carbons (Fsp3) is 1.00. The smallest absolute Gasteiger partial charge is 0.00753 e. The number of hydrogen-bond donors (Lipinski definition) is 1. The molecule has 0 amide bonds. The SMILES string of the molecule is CC1(C)CC2CNC(C2)C1.Cl. The molecule has 1 N–H and O–H groups in total. The molecule has 2 bridgehead atoms. The van der Waals surface area contributed by atoms with Crippen LogP contribution in [0.2, 0.25) is 0 Å². The van der Waals surface area contributed by atoms with Crippen LogP contribution in [0, 0.1) is 11.3 Å². The molecule has 2 heteroatoms. The standard InChI is InChI=1S/C9H17N.ClH/c1-9(2)4-7-3-8(5-9)10-6-7;/h7-8,10H,3-6H2,1-2H3;1H. The van der Waals surface area contributed by atoms with Gasteiger partial charge in [0.25, 0.3) is 0 Å². The second-order valence-electron chi connectivity index (χ2n) is 4.78. The van der Waals surface area contributed by atoms with E-state index in [2.05, 4.69) is 19.2 Å². The molecule has 2 atom stereocenters. The highest BCUT2D eigenvalue weighted by Gasteiger charge is 2.37. The molecule has 0 aromatic carbocycles. The quantitative estimate of drug-likeness (QED) is 0.596. The van der Waals surface area contributed by atoms with Crippen molar-refractivity contribution in [1.82, 2.24) is 5.32 Å². The molecule has 0 radical (unpaired) electrons. The lowest BCUT2D eigenvalue weighted by molar-refractivity contribution is 0.202. The second kappa shape index (κ2) is 2.95. The van der Waals surface area contributed by atoms with Crippen LogP contribution in [0.25, 0.3) is 0 Å². The summed E-state index contributed by atoms with van der Waals surface area (Å²) in [6.45, 7) is 6.09. The first-order valence-corrected chi connectivity index (χ1v) is 4.39. The zero-order valence-electron chi connectivity index (χ0n) is 7.39. The third-order valence-electron chi connectivity index (χ3n) is 2.95. The van der Waals surface area contributed by atoms with Gasteiger partial charge in [-0.3, -0.25) is 0 Å². The summed E-state index contributed by atoms with van der Waals surface area (Å²) >= 11 is 0. The van der Waals surface area contributed by atoms with Gasteiger partial charge in [-0.15, -0.1) is 12.4 Å². The number of nitrogens with one attached hydrogen (secondary N) is 1. The van der Waals surface area contributed by atoms with Crippen molar-refractivity contribution in [1.29, 1.82) is 0 Å². The molecular weight excluding hydrogens is 158 g/mol. The Morgan fingerprint density at radius 1 is 1.27 bits per heavy atom. The van der Waals surface area contributed by atoms with Gasteiger partial charge in [-0.25, -0.2) is 0 Å². The summed E-state index contributed by atoms with van der Waals surface area (Å²) in [7, 11) is 0. The molecule has 0 spiro atoms. The third-order valence-corrected chi connectivity index (χ3v) is 2.95. The van der Waals surface area contributed by atoms with Crippen molar-refractivity contribution >= 4 is 12.4 Å². The summed E-state index contributed by atoms with van der Waals surface area (Å²) in [5.41, 5.74) is 0.622. The third kappa shape index (κ3) is 1.88. The molecular formula is C9H18ClN. The zero-order valence-corrected chi connectivity index (χ0v) is 8.21. The van der Waals surface area contributed by atoms with Crippen molar-refractivity contribution in [2.75, 3.05) is 6.54 Å². The molecule has 11 heavy (non-hydrogen) atoms. The molecule has 2 rings (SSSR count). The largest absolute Gasteiger partial charge is 0.314 e. The summed E-state index contributed by atoms with van der Waals surface area (Å²) < 4.78 is 0. The van der Waals surface area contributed by atoms with E-state index in [0.29, 0.717) is 5.41 Å². The molecule has 1 saturated heterocycles.